The maximum atomic E-state index is 0. The molecule has 0 unspecified atom stereocenters. The van der Waals surface area contributed by atoms with E-state index in [1.807, 2.05) is 0 Å². The van der Waals surface area contributed by atoms with Crippen molar-refractivity contribution in [3.8, 4) is 0 Å². The molecule has 0 aromatic carbocycles. The quantitative estimate of drug-likeness (QED) is 0.442. The first kappa shape index (κ1) is 145. The van der Waals surface area contributed by atoms with Crippen molar-refractivity contribution in [1.82, 2.24) is 0 Å². The van der Waals surface area contributed by atoms with E-state index < -0.39 is 0 Å². The van der Waals surface area contributed by atoms with Crippen LogP contribution in [0.5, 0.6) is 0 Å². The van der Waals surface area contributed by atoms with E-state index in [9.17, 15) is 0 Å². The van der Waals surface area contributed by atoms with Crippen LogP contribution in [0.3, 0.4) is 0 Å². The summed E-state index contributed by atoms with van der Waals surface area (Å²) in [5.74, 6) is 0. The topological polar surface area (TPSA) is 85.5 Å². The molecular formula is MnO3Zn-4. The second-order valence-corrected chi connectivity index (χ2v) is 0. The van der Waals surface area contributed by atoms with Crippen LogP contribution in [0.1, 0.15) is 0 Å². The van der Waals surface area contributed by atoms with Crippen molar-refractivity contribution in [2.24, 2.45) is 0 Å². The molecule has 0 aliphatic carbocycles. The molecule has 0 saturated carbocycles. The van der Waals surface area contributed by atoms with E-state index in [2.05, 4.69) is 0 Å². The summed E-state index contributed by atoms with van der Waals surface area (Å²) >= 11 is 0. The largest absolute Gasteiger partial charge is 2.00 e. The van der Waals surface area contributed by atoms with Crippen LogP contribution in [0.2, 0.25) is 0 Å². The second kappa shape index (κ2) is 77.7. The summed E-state index contributed by atoms with van der Waals surface area (Å²) in [4.78, 5) is 0. The van der Waals surface area contributed by atoms with Gasteiger partial charge in [-0.2, -0.15) is 0 Å². The minimum absolute atomic E-state index is 0. The van der Waals surface area contributed by atoms with Crippen LogP contribution in [0.15, 0.2) is 0 Å². The molecule has 0 aliphatic heterocycles. The molecule has 0 aromatic rings. The molecule has 0 fully saturated rings. The van der Waals surface area contributed by atoms with E-state index in [-0.39, 0.29) is 53.0 Å². The molecule has 1 radical (unpaired) electrons. The molecule has 0 amide bonds. The van der Waals surface area contributed by atoms with Crippen molar-refractivity contribution in [2.75, 3.05) is 0 Å². The Morgan fingerprint density at radius 2 is 0.600 bits per heavy atom. The fourth-order valence-electron chi connectivity index (χ4n) is 0. The van der Waals surface area contributed by atoms with Gasteiger partial charge in [0.2, 0.25) is 0 Å². The molecule has 0 heterocycles. The number of rotatable bonds is 0. The molecule has 3 nitrogen and oxygen atoms in total. The summed E-state index contributed by atoms with van der Waals surface area (Å²) in [6.07, 6.45) is 0. The summed E-state index contributed by atoms with van der Waals surface area (Å²) in [6, 6.07) is 0. The van der Waals surface area contributed by atoms with Crippen molar-refractivity contribution in [2.45, 2.75) is 0 Å². The van der Waals surface area contributed by atoms with Gasteiger partial charge in [-0.05, 0) is 0 Å². The molecule has 0 aliphatic rings. The van der Waals surface area contributed by atoms with Crippen LogP contribution in [0.25, 0.3) is 0 Å². The second-order valence-electron chi connectivity index (χ2n) is 0. The van der Waals surface area contributed by atoms with Crippen molar-refractivity contribution < 1.29 is 53.0 Å². The fourth-order valence-corrected chi connectivity index (χ4v) is 0. The Morgan fingerprint density at radius 3 is 0.600 bits per heavy atom. The van der Waals surface area contributed by atoms with Crippen molar-refractivity contribution >= 4 is 0 Å². The van der Waals surface area contributed by atoms with E-state index in [4.69, 9.17) is 0 Å². The van der Waals surface area contributed by atoms with E-state index in [1.54, 1.807) is 0 Å². The van der Waals surface area contributed by atoms with Crippen molar-refractivity contribution in [1.29, 1.82) is 0 Å². The third-order valence-electron chi connectivity index (χ3n) is 0. The first-order chi connectivity index (χ1) is 0. The SMILES string of the molecule is [Mn].[O-2].[O-2].[O-2].[Zn+2]. The van der Waals surface area contributed by atoms with Gasteiger partial charge in [0.25, 0.3) is 0 Å². The van der Waals surface area contributed by atoms with E-state index in [1.165, 1.54) is 0 Å². The predicted octanol–water partition coefficient (Wildman–Crippen LogP) is -0.361. The molecule has 5 heavy (non-hydrogen) atoms. The summed E-state index contributed by atoms with van der Waals surface area (Å²) in [6.45, 7) is 0. The monoisotopic (exact) mass is 167 g/mol. The molecule has 0 rings (SSSR count). The smallest absolute Gasteiger partial charge is 2.00 e. The maximum absolute atomic E-state index is 0. The summed E-state index contributed by atoms with van der Waals surface area (Å²) < 4.78 is 0. The van der Waals surface area contributed by atoms with Gasteiger partial charge in [-0.3, -0.25) is 0 Å². The molecule has 0 atom stereocenters. The zero-order valence-electron chi connectivity index (χ0n) is 2.31. The minimum Gasteiger partial charge on any atom is -2.00 e. The Hall–Kier alpha value is 1.02. The third-order valence-corrected chi connectivity index (χ3v) is 0. The molecule has 0 saturated heterocycles. The first-order valence-corrected chi connectivity index (χ1v) is 0. The van der Waals surface area contributed by atoms with Gasteiger partial charge in [0.15, 0.2) is 0 Å². The van der Waals surface area contributed by atoms with Crippen LogP contribution in [-0.2, 0) is 53.0 Å². The van der Waals surface area contributed by atoms with Crippen LogP contribution in [-0.4, -0.2) is 0 Å². The first-order valence-electron chi connectivity index (χ1n) is 0. The minimum atomic E-state index is 0. The zero-order valence-corrected chi connectivity index (χ0v) is 6.46. The van der Waals surface area contributed by atoms with Gasteiger partial charge in [0.05, 0.1) is 0 Å². The van der Waals surface area contributed by atoms with Gasteiger partial charge in [-0.25, -0.2) is 0 Å². The molecular weight excluding hydrogens is 168 g/mol. The zero-order chi connectivity index (χ0) is 0. The van der Waals surface area contributed by atoms with Crippen molar-refractivity contribution in [3.63, 3.8) is 0 Å². The number of hydrogen-bond donors (Lipinski definition) is 0. The average molecular weight is 168 g/mol. The standard InChI is InChI=1S/Mn.3O.Zn/q;3*-2;+2. The van der Waals surface area contributed by atoms with Gasteiger partial charge in [-0.15, -0.1) is 0 Å². The summed E-state index contributed by atoms with van der Waals surface area (Å²) in [5.41, 5.74) is 0. The van der Waals surface area contributed by atoms with E-state index >= 15 is 0 Å². The Labute approximate surface area is 53.3 Å². The molecule has 0 spiro atoms. The molecule has 0 aromatic heterocycles. The molecule has 0 N–H and O–H groups in total. The van der Waals surface area contributed by atoms with Crippen LogP contribution in [0, 0.1) is 0 Å². The normalized spacial score (nSPS) is 0. The van der Waals surface area contributed by atoms with Gasteiger partial charge < -0.3 is 16.4 Å². The van der Waals surface area contributed by atoms with Crippen LogP contribution < -0.4 is 0 Å². The average Bonchev–Trinajstić information content (AvgIpc) is 0. The molecule has 0 bridgehead atoms. The van der Waals surface area contributed by atoms with E-state index in [0.29, 0.717) is 0 Å². The summed E-state index contributed by atoms with van der Waals surface area (Å²) in [5, 5.41) is 0. The predicted molar refractivity (Wildman–Crippen MR) is 2.06 cm³/mol. The van der Waals surface area contributed by atoms with Gasteiger partial charge >= 0.3 is 19.5 Å². The fraction of sp³-hybridized carbons (Fsp3) is 0. The Bertz CT molecular complexity index is 6.85. The van der Waals surface area contributed by atoms with Gasteiger partial charge in [-0.1, -0.05) is 0 Å². The van der Waals surface area contributed by atoms with Crippen molar-refractivity contribution in [3.05, 3.63) is 0 Å². The van der Waals surface area contributed by atoms with E-state index in [0.717, 1.165) is 0 Å². The van der Waals surface area contributed by atoms with Crippen LogP contribution >= 0.6 is 0 Å². The van der Waals surface area contributed by atoms with Crippen LogP contribution in [0.4, 0.5) is 0 Å². The Kier molecular flexibility index (Phi) is 2260. The molecule has 5 heteroatoms. The van der Waals surface area contributed by atoms with Gasteiger partial charge in [0, 0.05) is 17.1 Å². The Morgan fingerprint density at radius 1 is 0.600 bits per heavy atom. The third kappa shape index (κ3) is 43.9. The summed E-state index contributed by atoms with van der Waals surface area (Å²) in [7, 11) is 0. The number of hydrogen-bond acceptors (Lipinski definition) is 0. The van der Waals surface area contributed by atoms with Gasteiger partial charge in [0.1, 0.15) is 0 Å². The molecule has 31 valence electrons. The Balaban J connectivity index is 0. The maximum Gasteiger partial charge on any atom is 2.00 e.